The molecular formula is C32H37F4N5O5S. The van der Waals surface area contributed by atoms with Gasteiger partial charge in [-0.1, -0.05) is 18.8 Å². The van der Waals surface area contributed by atoms with Crippen LogP contribution in [-0.4, -0.2) is 99.4 Å². The molecule has 1 aromatic heterocycles. The molecule has 5 rings (SSSR count). The summed E-state index contributed by atoms with van der Waals surface area (Å²) in [6.45, 7) is 2.48. The topological polar surface area (TPSA) is 115 Å². The van der Waals surface area contributed by atoms with Crippen molar-refractivity contribution in [2.24, 2.45) is 5.92 Å². The molecule has 0 spiro atoms. The first-order valence-electron chi connectivity index (χ1n) is 15.2. The second-order valence-electron chi connectivity index (χ2n) is 12.0. The zero-order chi connectivity index (χ0) is 33.9. The lowest BCUT2D eigenvalue weighted by Crippen LogP contribution is -2.56. The Hall–Kier alpha value is -3.87. The average Bonchev–Trinajstić information content (AvgIpc) is 3.40. The molecule has 3 aromatic rings. The molecular weight excluding hydrogens is 642 g/mol. The highest BCUT2D eigenvalue weighted by atomic mass is 32.2. The van der Waals surface area contributed by atoms with E-state index in [9.17, 15) is 30.8 Å². The van der Waals surface area contributed by atoms with Gasteiger partial charge in [-0.2, -0.15) is 13.2 Å². The molecule has 2 aromatic carbocycles. The van der Waals surface area contributed by atoms with Crippen molar-refractivity contribution in [1.82, 2.24) is 19.8 Å². The van der Waals surface area contributed by atoms with Gasteiger partial charge < -0.3 is 24.7 Å². The van der Waals surface area contributed by atoms with Crippen molar-refractivity contribution >= 4 is 32.5 Å². The first kappa shape index (κ1) is 34.5. The number of amides is 1. The number of benzene rings is 2. The zero-order valence-corrected chi connectivity index (χ0v) is 27.0. The molecule has 2 saturated heterocycles. The average molecular weight is 680 g/mol. The van der Waals surface area contributed by atoms with E-state index < -0.39 is 34.6 Å². The number of carbonyl (C=O) groups excluding carboxylic acids is 1. The smallest absolute Gasteiger partial charge is 0.406 e. The van der Waals surface area contributed by atoms with E-state index in [1.54, 1.807) is 0 Å². The first-order valence-corrected chi connectivity index (χ1v) is 17.1. The normalized spacial score (nSPS) is 22.4. The summed E-state index contributed by atoms with van der Waals surface area (Å²) in [6.07, 6.45) is -2.26. The number of imidazole rings is 1. The molecule has 0 bridgehead atoms. The molecule has 254 valence electrons. The van der Waals surface area contributed by atoms with Gasteiger partial charge in [-0.25, -0.2) is 17.8 Å². The van der Waals surface area contributed by atoms with Crippen LogP contribution in [0, 0.1) is 17.8 Å². The van der Waals surface area contributed by atoms with Crippen molar-refractivity contribution in [1.29, 1.82) is 0 Å². The van der Waals surface area contributed by atoms with E-state index in [-0.39, 0.29) is 52.6 Å². The number of nitrogens with zero attached hydrogens (tertiary/aromatic N) is 3. The Morgan fingerprint density at radius 2 is 2.00 bits per heavy atom. The maximum absolute atomic E-state index is 14.5. The number of ether oxygens (including phenoxy) is 2. The number of likely N-dealkylation sites (tertiary alicyclic amines) is 1. The van der Waals surface area contributed by atoms with Gasteiger partial charge in [0.1, 0.15) is 24.0 Å². The Balaban J connectivity index is 1.36. The number of nitrogens with one attached hydrogen (secondary N) is 2. The largest absolute Gasteiger partial charge is 0.495 e. The van der Waals surface area contributed by atoms with Crippen molar-refractivity contribution in [3.8, 4) is 17.6 Å². The summed E-state index contributed by atoms with van der Waals surface area (Å²) in [6, 6.07) is 6.84. The number of carbonyl (C=O) groups is 1. The van der Waals surface area contributed by atoms with Crippen LogP contribution < -0.4 is 15.4 Å². The number of methoxy groups -OCH3 is 1. The second-order valence-corrected chi connectivity index (χ2v) is 14.0. The fraction of sp³-hybridized carbons (Fsp3) is 0.500. The summed E-state index contributed by atoms with van der Waals surface area (Å²) in [7, 11) is -2.04. The van der Waals surface area contributed by atoms with Gasteiger partial charge in [-0.05, 0) is 49.1 Å². The predicted octanol–water partition coefficient (Wildman–Crippen LogP) is 4.04. The molecule has 10 nitrogen and oxygen atoms in total. The molecule has 47 heavy (non-hydrogen) atoms. The molecule has 2 N–H and O–H groups in total. The summed E-state index contributed by atoms with van der Waals surface area (Å²) < 4.78 is 90.1. The van der Waals surface area contributed by atoms with Gasteiger partial charge in [-0.3, -0.25) is 9.69 Å². The Bertz CT molecular complexity index is 1790. The maximum Gasteiger partial charge on any atom is 0.406 e. The van der Waals surface area contributed by atoms with E-state index in [0.29, 0.717) is 49.5 Å². The Morgan fingerprint density at radius 1 is 1.21 bits per heavy atom. The van der Waals surface area contributed by atoms with Crippen LogP contribution in [0.1, 0.15) is 35.7 Å². The van der Waals surface area contributed by atoms with E-state index in [4.69, 9.17) is 9.47 Å². The number of piperidine rings is 1. The van der Waals surface area contributed by atoms with Crippen LogP contribution in [0.5, 0.6) is 5.75 Å². The summed E-state index contributed by atoms with van der Waals surface area (Å²) >= 11 is 0. The van der Waals surface area contributed by atoms with Crippen LogP contribution >= 0.6 is 0 Å². The highest BCUT2D eigenvalue weighted by Gasteiger charge is 2.36. The molecule has 0 unspecified atom stereocenters. The third kappa shape index (κ3) is 8.35. The number of aromatic nitrogens is 2. The Kier molecular flexibility index (Phi) is 10.3. The number of fused-ring (bicyclic) bond motifs is 1. The van der Waals surface area contributed by atoms with Crippen LogP contribution in [0.2, 0.25) is 0 Å². The number of alkyl halides is 4. The minimum absolute atomic E-state index is 0.00624. The van der Waals surface area contributed by atoms with E-state index in [1.807, 2.05) is 6.92 Å². The fourth-order valence-electron chi connectivity index (χ4n) is 6.11. The summed E-state index contributed by atoms with van der Waals surface area (Å²) in [5, 5.41) is 6.04. The van der Waals surface area contributed by atoms with Gasteiger partial charge in [0.2, 0.25) is 0 Å². The van der Waals surface area contributed by atoms with Gasteiger partial charge in [0.25, 0.3) is 5.91 Å². The molecule has 3 heterocycles. The first-order chi connectivity index (χ1) is 22.2. The molecule has 0 radical (unpaired) electrons. The van der Waals surface area contributed by atoms with Crippen molar-refractivity contribution in [2.75, 3.05) is 51.5 Å². The lowest BCUT2D eigenvalue weighted by molar-refractivity contribution is -0.139. The van der Waals surface area contributed by atoms with Crippen molar-refractivity contribution < 1.29 is 40.2 Å². The molecule has 2 aliphatic heterocycles. The molecule has 0 saturated carbocycles. The maximum atomic E-state index is 14.5. The van der Waals surface area contributed by atoms with Crippen LogP contribution in [0.3, 0.4) is 0 Å². The van der Waals surface area contributed by atoms with Crippen molar-refractivity contribution in [3.63, 3.8) is 0 Å². The second kappa shape index (κ2) is 14.1. The van der Waals surface area contributed by atoms with Crippen molar-refractivity contribution in [3.05, 3.63) is 47.8 Å². The molecule has 2 fully saturated rings. The highest BCUT2D eigenvalue weighted by molar-refractivity contribution is 7.90. The minimum atomic E-state index is -4.52. The third-order valence-corrected chi connectivity index (χ3v) is 9.60. The zero-order valence-electron chi connectivity index (χ0n) is 26.2. The number of rotatable bonds is 8. The lowest BCUT2D eigenvalue weighted by Gasteiger charge is -2.43. The van der Waals surface area contributed by atoms with E-state index >= 15 is 0 Å². The molecule has 2 aliphatic rings. The van der Waals surface area contributed by atoms with Gasteiger partial charge in [-0.15, -0.1) is 0 Å². The van der Waals surface area contributed by atoms with Gasteiger partial charge >= 0.3 is 6.18 Å². The molecule has 15 heteroatoms. The standard InChI is InChI=1S/C32H37F4N5O5S/c1-20-16-40(27-9-12-46-17-24(27)33)11-8-25(20)39-31(42)23-13-21(14-28-30(23)38-19-41(28)18-32(34,35)36)5-4-10-37-26-15-22(47(3,43)44)6-7-29(26)45-2/h6-7,13-15,19-20,24-25,27,37H,8-12,16-18H2,1-3H3,(H,39,42)/t20-,24+,25-,27-/m0/s1. The summed E-state index contributed by atoms with van der Waals surface area (Å²) in [5.74, 6) is 5.68. The molecule has 0 aliphatic carbocycles. The van der Waals surface area contributed by atoms with Crippen LogP contribution in [0.4, 0.5) is 23.2 Å². The fourth-order valence-corrected chi connectivity index (χ4v) is 6.76. The minimum Gasteiger partial charge on any atom is -0.495 e. The number of hydrogen-bond acceptors (Lipinski definition) is 8. The summed E-state index contributed by atoms with van der Waals surface area (Å²) in [4.78, 5) is 20.0. The number of anilines is 1. The SMILES string of the molecule is COc1ccc(S(C)(=O)=O)cc1NCC#Cc1cc(C(=O)N[C@H]2CCN([C@H]3CCOC[C@H]3F)C[C@@H]2C)c2ncn(CC(F)(F)F)c2c1. The van der Waals surface area contributed by atoms with Crippen LogP contribution in [0.25, 0.3) is 11.0 Å². The van der Waals surface area contributed by atoms with E-state index in [2.05, 4.69) is 32.4 Å². The van der Waals surface area contributed by atoms with E-state index in [0.717, 1.165) is 17.2 Å². The third-order valence-electron chi connectivity index (χ3n) is 8.49. The van der Waals surface area contributed by atoms with Crippen LogP contribution in [-0.2, 0) is 21.1 Å². The molecule has 1 amide bonds. The quantitative estimate of drug-likeness (QED) is 0.271. The Labute approximate surface area is 270 Å². The van der Waals surface area contributed by atoms with Gasteiger partial charge in [0.05, 0.1) is 48.3 Å². The number of hydrogen-bond donors (Lipinski definition) is 2. The highest BCUT2D eigenvalue weighted by Crippen LogP contribution is 2.29. The van der Waals surface area contributed by atoms with Gasteiger partial charge in [0, 0.05) is 43.6 Å². The lowest BCUT2D eigenvalue weighted by atomic mass is 9.90. The van der Waals surface area contributed by atoms with Gasteiger partial charge in [0.15, 0.2) is 9.84 Å². The summed E-state index contributed by atoms with van der Waals surface area (Å²) in [5.41, 5.74) is 0.992. The van der Waals surface area contributed by atoms with Crippen molar-refractivity contribution in [2.45, 2.75) is 55.6 Å². The number of sulfone groups is 1. The predicted molar refractivity (Wildman–Crippen MR) is 168 cm³/mol. The number of halogens is 4. The van der Waals surface area contributed by atoms with Crippen LogP contribution in [0.15, 0.2) is 41.6 Å². The Morgan fingerprint density at radius 3 is 2.68 bits per heavy atom. The molecule has 4 atom stereocenters. The monoisotopic (exact) mass is 679 g/mol. The van der Waals surface area contributed by atoms with E-state index in [1.165, 1.54) is 37.4 Å².